The summed E-state index contributed by atoms with van der Waals surface area (Å²) in [5.41, 5.74) is -7.27. The summed E-state index contributed by atoms with van der Waals surface area (Å²) in [6, 6.07) is 5.05. The first-order valence-corrected chi connectivity index (χ1v) is 15.8. The van der Waals surface area contributed by atoms with Crippen molar-refractivity contribution in [2.45, 2.75) is 82.4 Å². The van der Waals surface area contributed by atoms with Crippen LogP contribution < -0.4 is 10.3 Å². The third kappa shape index (κ3) is 9.94. The number of anilines is 1. The topological polar surface area (TPSA) is 142 Å². The molecule has 1 atom stereocenters. The van der Waals surface area contributed by atoms with Crippen molar-refractivity contribution in [1.82, 2.24) is 20.0 Å². The molecule has 1 aliphatic rings. The number of ether oxygens (including phenoxy) is 2. The zero-order valence-electron chi connectivity index (χ0n) is 29.0. The summed E-state index contributed by atoms with van der Waals surface area (Å²) in [5.74, 6) is -8.66. The Balaban J connectivity index is 1.84. The van der Waals surface area contributed by atoms with Gasteiger partial charge in [0.25, 0.3) is 5.91 Å². The minimum Gasteiger partial charge on any atom is -0.460 e. The first kappa shape index (κ1) is 42.5. The molecule has 1 N–H and O–H groups in total. The number of hydrazone groups is 1. The van der Waals surface area contributed by atoms with Gasteiger partial charge in [0.2, 0.25) is 0 Å². The molecule has 290 valence electrons. The molecule has 0 bridgehead atoms. The molecule has 12 nitrogen and oxygen atoms in total. The Bertz CT molecular complexity index is 1830. The van der Waals surface area contributed by atoms with E-state index in [0.717, 1.165) is 25.2 Å². The van der Waals surface area contributed by atoms with Crippen molar-refractivity contribution in [3.63, 3.8) is 0 Å². The number of aryl methyl sites for hydroxylation is 1. The summed E-state index contributed by atoms with van der Waals surface area (Å²) in [6.45, 7) is 9.53. The number of hydrogen-bond acceptors (Lipinski definition) is 9. The van der Waals surface area contributed by atoms with Gasteiger partial charge in [0.15, 0.2) is 18.2 Å². The first-order chi connectivity index (χ1) is 24.1. The number of halogens is 9. The van der Waals surface area contributed by atoms with E-state index < -0.39 is 77.2 Å². The molecular formula is C32H34ClF8N7O5. The van der Waals surface area contributed by atoms with E-state index in [1.54, 1.807) is 20.8 Å². The van der Waals surface area contributed by atoms with Crippen LogP contribution in [0.3, 0.4) is 0 Å². The fourth-order valence-corrected chi connectivity index (χ4v) is 5.01. The number of alkyl carbamates (subject to hydrolysis) is 1. The smallest absolute Gasteiger partial charge is 0.459 e. The third-order valence-corrected chi connectivity index (χ3v) is 7.82. The van der Waals surface area contributed by atoms with Crippen molar-refractivity contribution >= 4 is 47.2 Å². The zero-order chi connectivity index (χ0) is 40.5. The second-order valence-electron chi connectivity index (χ2n) is 13.0. The number of amides is 2. The fraction of sp³-hybridized carbons (Fsp3) is 0.500. The lowest BCUT2D eigenvalue weighted by molar-refractivity contribution is -0.292. The van der Waals surface area contributed by atoms with Crippen molar-refractivity contribution in [1.29, 1.82) is 5.26 Å². The maximum absolute atomic E-state index is 14.1. The van der Waals surface area contributed by atoms with Crippen LogP contribution in [-0.4, -0.2) is 76.0 Å². The summed E-state index contributed by atoms with van der Waals surface area (Å²) < 4.78 is 119. The lowest BCUT2D eigenvalue weighted by atomic mass is 10.0. The van der Waals surface area contributed by atoms with Crippen molar-refractivity contribution in [3.8, 4) is 6.07 Å². The highest BCUT2D eigenvalue weighted by molar-refractivity contribution is 6.34. The number of nitrogens with zero attached hydrogens (tertiary/aromatic N) is 6. The van der Waals surface area contributed by atoms with E-state index in [0.29, 0.717) is 5.01 Å². The second-order valence-corrected chi connectivity index (χ2v) is 13.4. The molecular weight excluding hydrogens is 750 g/mol. The number of rotatable bonds is 12. The highest BCUT2D eigenvalue weighted by Crippen LogP contribution is 2.50. The van der Waals surface area contributed by atoms with Gasteiger partial charge in [-0.05, 0) is 63.8 Å². The third-order valence-electron chi connectivity index (χ3n) is 7.49. The number of nitriles is 1. The molecule has 0 radical (unpaired) electrons. The van der Waals surface area contributed by atoms with Crippen LogP contribution in [0.15, 0.2) is 29.9 Å². The van der Waals surface area contributed by atoms with E-state index in [9.17, 15) is 54.8 Å². The Morgan fingerprint density at radius 1 is 1.17 bits per heavy atom. The highest BCUT2D eigenvalue weighted by atomic mass is 35.5. The summed E-state index contributed by atoms with van der Waals surface area (Å²) in [6.07, 6.45) is -12.0. The molecule has 2 amide bonds. The molecule has 1 unspecified atom stereocenters. The maximum atomic E-state index is 14.1. The first-order valence-electron chi connectivity index (χ1n) is 15.4. The Hall–Kier alpha value is -4.93. The average molecular weight is 784 g/mol. The van der Waals surface area contributed by atoms with E-state index >= 15 is 0 Å². The Morgan fingerprint density at radius 3 is 2.28 bits per heavy atom. The maximum Gasteiger partial charge on any atom is 0.459 e. The highest BCUT2D eigenvalue weighted by Gasteiger charge is 2.64. The number of aromatic nitrogens is 2. The average Bonchev–Trinajstić information content (AvgIpc) is 3.71. The number of hydrogen-bond donors (Lipinski definition) is 1. The molecule has 1 heterocycles. The van der Waals surface area contributed by atoms with Gasteiger partial charge in [-0.15, -0.1) is 0 Å². The molecule has 1 aromatic heterocycles. The Morgan fingerprint density at radius 2 is 1.77 bits per heavy atom. The molecule has 1 aromatic carbocycles. The van der Waals surface area contributed by atoms with Crippen LogP contribution in [0, 0.1) is 11.3 Å². The monoisotopic (exact) mass is 783 g/mol. The molecule has 53 heavy (non-hydrogen) atoms. The molecule has 1 fully saturated rings. The predicted molar refractivity (Wildman–Crippen MR) is 174 cm³/mol. The molecule has 2 aromatic rings. The van der Waals surface area contributed by atoms with Crippen molar-refractivity contribution in [2.75, 3.05) is 18.8 Å². The number of allylic oxidation sites excluding steroid dienone is 1. The zero-order valence-corrected chi connectivity index (χ0v) is 29.8. The summed E-state index contributed by atoms with van der Waals surface area (Å²) in [4.78, 5) is 39.3. The van der Waals surface area contributed by atoms with Crippen molar-refractivity contribution in [2.24, 2.45) is 12.1 Å². The van der Waals surface area contributed by atoms with Gasteiger partial charge < -0.3 is 14.8 Å². The number of alkyl halides is 8. The van der Waals surface area contributed by atoms with Gasteiger partial charge in [-0.3, -0.25) is 24.2 Å². The molecule has 21 heteroatoms. The number of benzene rings is 1. The van der Waals surface area contributed by atoms with Gasteiger partial charge in [-0.1, -0.05) is 24.2 Å². The van der Waals surface area contributed by atoms with Crippen LogP contribution in [0.5, 0.6) is 0 Å². The molecule has 3 rings (SSSR count). The van der Waals surface area contributed by atoms with Crippen molar-refractivity contribution < 1.29 is 59.0 Å². The summed E-state index contributed by atoms with van der Waals surface area (Å²) in [5, 5.41) is 19.0. The predicted octanol–water partition coefficient (Wildman–Crippen LogP) is 7.18. The lowest BCUT2D eigenvalue weighted by Gasteiger charge is -2.27. The van der Waals surface area contributed by atoms with E-state index in [1.807, 2.05) is 6.07 Å². The van der Waals surface area contributed by atoms with Gasteiger partial charge in [-0.25, -0.2) is 4.79 Å². The van der Waals surface area contributed by atoms with E-state index in [4.69, 9.17) is 21.1 Å². The van der Waals surface area contributed by atoms with Crippen LogP contribution in [0.25, 0.3) is 5.57 Å². The standard InChI is InChI=1S/C32H34ClF8N7O5/c1-17(14-43-46(6)25-23(31(36,37)38)24(45-47(25)7)30(34,35)32(39,40)41)19-8-9-21(33)20(13-19)26(50)48(29(15-42)10-11-29)16-52-27(51)44-18(2)12-22(49)53-28(3,4)5/h8-9,13-14,18H,1,10-12,16H2,2-7H3,(H,44,51)/b43-14-. The Labute approximate surface area is 302 Å². The minimum atomic E-state index is -6.39. The molecule has 0 spiro atoms. The Kier molecular flexibility index (Phi) is 12.2. The van der Waals surface area contributed by atoms with Gasteiger partial charge in [0.1, 0.15) is 16.7 Å². The van der Waals surface area contributed by atoms with Crippen LogP contribution in [0.1, 0.15) is 74.1 Å². The SMILES string of the molecule is C=C(/C=N\N(C)c1c(C(F)(F)F)c(C(F)(F)C(F)(F)F)nn1C)c1ccc(Cl)c(C(=O)N(COC(=O)NC(C)CC(=O)OC(C)(C)C)C2(C#N)CC2)c1. The lowest BCUT2D eigenvalue weighted by Crippen LogP contribution is -2.45. The van der Waals surface area contributed by atoms with Crippen molar-refractivity contribution in [3.05, 3.63) is 52.2 Å². The number of esters is 1. The molecule has 1 saturated carbocycles. The summed E-state index contributed by atoms with van der Waals surface area (Å²) >= 11 is 6.31. The van der Waals surface area contributed by atoms with Crippen LogP contribution in [-0.2, 0) is 33.4 Å². The molecule has 0 saturated heterocycles. The minimum absolute atomic E-state index is 0.0941. The second kappa shape index (κ2) is 15.2. The van der Waals surface area contributed by atoms with Crippen LogP contribution in [0.4, 0.5) is 45.7 Å². The molecule has 0 aliphatic heterocycles. The van der Waals surface area contributed by atoms with Crippen LogP contribution >= 0.6 is 11.6 Å². The van der Waals surface area contributed by atoms with E-state index in [2.05, 4.69) is 22.1 Å². The van der Waals surface area contributed by atoms with E-state index in [-0.39, 0.29) is 45.7 Å². The normalized spacial score (nSPS) is 15.0. The number of carbonyl (C=O) groups excluding carboxylic acids is 3. The van der Waals surface area contributed by atoms with Crippen LogP contribution in [0.2, 0.25) is 5.02 Å². The van der Waals surface area contributed by atoms with Gasteiger partial charge in [-0.2, -0.15) is 50.6 Å². The number of carbonyl (C=O) groups is 3. The fourth-order valence-electron chi connectivity index (χ4n) is 4.81. The quantitative estimate of drug-likeness (QED) is 0.0785. The van der Waals surface area contributed by atoms with E-state index in [1.165, 1.54) is 25.1 Å². The van der Waals surface area contributed by atoms with Gasteiger partial charge in [0.05, 0.1) is 29.3 Å². The van der Waals surface area contributed by atoms with Gasteiger partial charge in [0, 0.05) is 20.1 Å². The molecule has 1 aliphatic carbocycles. The summed E-state index contributed by atoms with van der Waals surface area (Å²) in [7, 11) is 1.56. The van der Waals surface area contributed by atoms with Gasteiger partial charge >= 0.3 is 30.3 Å². The largest absolute Gasteiger partial charge is 0.460 e. The number of nitrogens with one attached hydrogen (secondary N) is 1.